The van der Waals surface area contributed by atoms with Crippen molar-refractivity contribution in [3.63, 3.8) is 0 Å². The van der Waals surface area contributed by atoms with Crippen LogP contribution >= 0.6 is 11.8 Å². The highest BCUT2D eigenvalue weighted by Crippen LogP contribution is 2.33. The number of aryl methyl sites for hydroxylation is 2. The predicted molar refractivity (Wildman–Crippen MR) is 91.2 cm³/mol. The van der Waals surface area contributed by atoms with Gasteiger partial charge in [0, 0.05) is 16.2 Å². The molecule has 0 heterocycles. The molecule has 0 bridgehead atoms. The molecular weight excluding hydrogens is 278 g/mol. The van der Waals surface area contributed by atoms with E-state index >= 15 is 0 Å². The van der Waals surface area contributed by atoms with Gasteiger partial charge < -0.3 is 10.5 Å². The van der Waals surface area contributed by atoms with Crippen LogP contribution in [0.5, 0.6) is 5.75 Å². The summed E-state index contributed by atoms with van der Waals surface area (Å²) in [6, 6.07) is 14.6. The minimum atomic E-state index is 0.00149. The molecule has 2 aromatic carbocycles. The van der Waals surface area contributed by atoms with Gasteiger partial charge in [0.15, 0.2) is 0 Å². The Morgan fingerprint density at radius 1 is 1.05 bits per heavy atom. The van der Waals surface area contributed by atoms with Gasteiger partial charge in [0.25, 0.3) is 0 Å². The van der Waals surface area contributed by atoms with Crippen LogP contribution in [0.1, 0.15) is 29.7 Å². The van der Waals surface area contributed by atoms with E-state index in [1.165, 1.54) is 16.0 Å². The molecule has 2 nitrogen and oxygen atoms in total. The zero-order valence-electron chi connectivity index (χ0n) is 13.1. The fourth-order valence-corrected chi connectivity index (χ4v) is 3.40. The summed E-state index contributed by atoms with van der Waals surface area (Å²) >= 11 is 1.84. The Morgan fingerprint density at radius 3 is 2.29 bits per heavy atom. The normalized spacial score (nSPS) is 13.8. The summed E-state index contributed by atoms with van der Waals surface area (Å²) in [5, 5.41) is 0.305. The van der Waals surface area contributed by atoms with E-state index in [1.807, 2.05) is 36.0 Å². The lowest BCUT2D eigenvalue weighted by atomic mass is 10.1. The molecule has 112 valence electrons. The summed E-state index contributed by atoms with van der Waals surface area (Å²) in [5.74, 6) is 0.862. The monoisotopic (exact) mass is 301 g/mol. The molecule has 2 atom stereocenters. The van der Waals surface area contributed by atoms with Gasteiger partial charge in [0.1, 0.15) is 5.75 Å². The first-order chi connectivity index (χ1) is 10.0. The molecular formula is C18H23NOS. The third kappa shape index (κ3) is 4.02. The van der Waals surface area contributed by atoms with Crippen LogP contribution in [-0.4, -0.2) is 12.4 Å². The molecule has 0 saturated carbocycles. The molecule has 2 unspecified atom stereocenters. The van der Waals surface area contributed by atoms with E-state index in [-0.39, 0.29) is 6.04 Å². The lowest BCUT2D eigenvalue weighted by Gasteiger charge is -2.21. The fourth-order valence-electron chi connectivity index (χ4n) is 2.30. The minimum Gasteiger partial charge on any atom is -0.497 e. The number of hydrogen-bond donors (Lipinski definition) is 1. The van der Waals surface area contributed by atoms with Crippen LogP contribution in [-0.2, 0) is 0 Å². The lowest BCUT2D eigenvalue weighted by molar-refractivity contribution is 0.414. The van der Waals surface area contributed by atoms with Crippen molar-refractivity contribution in [1.29, 1.82) is 0 Å². The third-order valence-electron chi connectivity index (χ3n) is 3.65. The zero-order chi connectivity index (χ0) is 15.4. The maximum absolute atomic E-state index is 6.40. The maximum Gasteiger partial charge on any atom is 0.118 e. The van der Waals surface area contributed by atoms with Gasteiger partial charge in [0.2, 0.25) is 0 Å². The van der Waals surface area contributed by atoms with Crippen molar-refractivity contribution in [3.8, 4) is 5.75 Å². The molecule has 0 aromatic heterocycles. The van der Waals surface area contributed by atoms with E-state index in [4.69, 9.17) is 10.5 Å². The van der Waals surface area contributed by atoms with Crippen molar-refractivity contribution in [2.45, 2.75) is 37.0 Å². The van der Waals surface area contributed by atoms with Crippen LogP contribution in [0.15, 0.2) is 47.4 Å². The molecule has 21 heavy (non-hydrogen) atoms. The first-order valence-corrected chi connectivity index (χ1v) is 8.02. The zero-order valence-corrected chi connectivity index (χ0v) is 13.9. The predicted octanol–water partition coefficient (Wildman–Crippen LogP) is 4.49. The molecule has 2 aromatic rings. The van der Waals surface area contributed by atoms with Crippen LogP contribution < -0.4 is 10.5 Å². The first-order valence-electron chi connectivity index (χ1n) is 7.14. The standard InChI is InChI=1S/C18H23NOS/c1-12-5-10-17(13(2)11-12)21-14(3)18(19)15-6-8-16(20-4)9-7-15/h5-11,14,18H,19H2,1-4H3. The maximum atomic E-state index is 6.40. The number of hydrogen-bond acceptors (Lipinski definition) is 3. The molecule has 0 aliphatic heterocycles. The molecule has 2 N–H and O–H groups in total. The molecule has 2 rings (SSSR count). The van der Waals surface area contributed by atoms with Crippen LogP contribution in [0.4, 0.5) is 0 Å². The van der Waals surface area contributed by atoms with E-state index in [9.17, 15) is 0 Å². The van der Waals surface area contributed by atoms with Gasteiger partial charge in [0.05, 0.1) is 7.11 Å². The number of rotatable bonds is 5. The average Bonchev–Trinajstić information content (AvgIpc) is 2.49. The number of thioether (sulfide) groups is 1. The summed E-state index contributed by atoms with van der Waals surface area (Å²) in [4.78, 5) is 1.30. The lowest BCUT2D eigenvalue weighted by Crippen LogP contribution is -2.21. The van der Waals surface area contributed by atoms with Crippen molar-refractivity contribution in [2.24, 2.45) is 5.73 Å². The fraction of sp³-hybridized carbons (Fsp3) is 0.333. The Bertz CT molecular complexity index is 595. The number of methoxy groups -OCH3 is 1. The second-order valence-corrected chi connectivity index (χ2v) is 6.81. The van der Waals surface area contributed by atoms with Crippen molar-refractivity contribution >= 4 is 11.8 Å². The molecule has 0 radical (unpaired) electrons. The largest absolute Gasteiger partial charge is 0.497 e. The van der Waals surface area contributed by atoms with Crippen molar-refractivity contribution < 1.29 is 4.74 Å². The average molecular weight is 301 g/mol. The second-order valence-electron chi connectivity index (χ2n) is 5.39. The van der Waals surface area contributed by atoms with E-state index in [1.54, 1.807) is 7.11 Å². The van der Waals surface area contributed by atoms with Gasteiger partial charge >= 0.3 is 0 Å². The molecule has 0 saturated heterocycles. The number of benzene rings is 2. The minimum absolute atomic E-state index is 0.00149. The van der Waals surface area contributed by atoms with Gasteiger partial charge in [-0.2, -0.15) is 0 Å². The summed E-state index contributed by atoms with van der Waals surface area (Å²) in [7, 11) is 1.67. The SMILES string of the molecule is COc1ccc(C(N)C(C)Sc2ccc(C)cc2C)cc1. The number of nitrogens with two attached hydrogens (primary N) is 1. The molecule has 0 spiro atoms. The highest BCUT2D eigenvalue weighted by molar-refractivity contribution is 8.00. The van der Waals surface area contributed by atoms with E-state index < -0.39 is 0 Å². The van der Waals surface area contributed by atoms with E-state index in [2.05, 4.69) is 39.0 Å². The van der Waals surface area contributed by atoms with Crippen LogP contribution in [0.25, 0.3) is 0 Å². The topological polar surface area (TPSA) is 35.2 Å². The second kappa shape index (κ2) is 7.01. The Kier molecular flexibility index (Phi) is 5.32. The molecule has 0 aliphatic carbocycles. The van der Waals surface area contributed by atoms with Crippen LogP contribution in [0.3, 0.4) is 0 Å². The molecule has 0 amide bonds. The molecule has 3 heteroatoms. The van der Waals surface area contributed by atoms with Gasteiger partial charge in [-0.3, -0.25) is 0 Å². The highest BCUT2D eigenvalue weighted by Gasteiger charge is 2.17. The van der Waals surface area contributed by atoms with E-state index in [0.717, 1.165) is 11.3 Å². The summed E-state index contributed by atoms with van der Waals surface area (Å²) in [5.41, 5.74) is 10.1. The quantitative estimate of drug-likeness (QED) is 0.826. The third-order valence-corrected chi connectivity index (χ3v) is 5.03. The van der Waals surface area contributed by atoms with Crippen molar-refractivity contribution in [3.05, 3.63) is 59.2 Å². The first kappa shape index (κ1) is 15.9. The van der Waals surface area contributed by atoms with Gasteiger partial charge in [-0.1, -0.05) is 36.8 Å². The van der Waals surface area contributed by atoms with E-state index in [0.29, 0.717) is 5.25 Å². The smallest absolute Gasteiger partial charge is 0.118 e. The van der Waals surface area contributed by atoms with Crippen molar-refractivity contribution in [1.82, 2.24) is 0 Å². The Balaban J connectivity index is 2.09. The van der Waals surface area contributed by atoms with Crippen LogP contribution in [0.2, 0.25) is 0 Å². The summed E-state index contributed by atoms with van der Waals surface area (Å²) in [6.07, 6.45) is 0. The van der Waals surface area contributed by atoms with Crippen molar-refractivity contribution in [2.75, 3.05) is 7.11 Å². The van der Waals surface area contributed by atoms with Gasteiger partial charge in [-0.05, 0) is 43.2 Å². The Hall–Kier alpha value is -1.45. The van der Waals surface area contributed by atoms with Gasteiger partial charge in [-0.15, -0.1) is 11.8 Å². The molecule has 0 fully saturated rings. The Morgan fingerprint density at radius 2 is 1.71 bits per heavy atom. The Labute approximate surface area is 131 Å². The summed E-state index contributed by atoms with van der Waals surface area (Å²) < 4.78 is 5.19. The highest BCUT2D eigenvalue weighted by atomic mass is 32.2. The van der Waals surface area contributed by atoms with Gasteiger partial charge in [-0.25, -0.2) is 0 Å². The number of ether oxygens (including phenoxy) is 1. The molecule has 0 aliphatic rings. The summed E-state index contributed by atoms with van der Waals surface area (Å²) in [6.45, 7) is 6.45. The van der Waals surface area contributed by atoms with Crippen LogP contribution in [0, 0.1) is 13.8 Å².